The van der Waals surface area contributed by atoms with E-state index in [1.807, 2.05) is 6.07 Å². The van der Waals surface area contributed by atoms with Crippen LogP contribution >= 0.6 is 0 Å². The molecule has 1 aliphatic carbocycles. The number of phenols is 1. The number of rotatable bonds is 4. The number of benzene rings is 1. The molecule has 0 spiro atoms. The third kappa shape index (κ3) is 3.77. The molecule has 0 unspecified atom stereocenters. The van der Waals surface area contributed by atoms with Gasteiger partial charge in [-0.1, -0.05) is 25.0 Å². The first-order chi connectivity index (χ1) is 8.24. The molecule has 1 aliphatic rings. The van der Waals surface area contributed by atoms with Crippen molar-refractivity contribution in [3.8, 4) is 5.75 Å². The van der Waals surface area contributed by atoms with E-state index in [1.54, 1.807) is 18.2 Å². The molecule has 17 heavy (non-hydrogen) atoms. The Labute approximate surface area is 102 Å². The second-order valence-electron chi connectivity index (χ2n) is 4.80. The molecule has 0 bridgehead atoms. The van der Waals surface area contributed by atoms with Crippen molar-refractivity contribution in [1.82, 2.24) is 5.32 Å². The average molecular weight is 233 g/mol. The fraction of sp³-hybridized carbons (Fsp3) is 0.500. The molecular formula is C14H19NO2. The minimum Gasteiger partial charge on any atom is -0.508 e. The average Bonchev–Trinajstić information content (AvgIpc) is 2.79. The minimum atomic E-state index is 0.125. The maximum absolute atomic E-state index is 11.7. The van der Waals surface area contributed by atoms with E-state index in [2.05, 4.69) is 5.32 Å². The summed E-state index contributed by atoms with van der Waals surface area (Å²) in [6, 6.07) is 6.99. The zero-order valence-electron chi connectivity index (χ0n) is 9.98. The summed E-state index contributed by atoms with van der Waals surface area (Å²) >= 11 is 0. The van der Waals surface area contributed by atoms with Crippen molar-refractivity contribution in [2.75, 3.05) is 0 Å². The number of nitrogens with one attached hydrogen (secondary N) is 1. The van der Waals surface area contributed by atoms with Crippen molar-refractivity contribution in [3.05, 3.63) is 29.8 Å². The maximum atomic E-state index is 11.7. The van der Waals surface area contributed by atoms with Crippen LogP contribution in [0.25, 0.3) is 0 Å². The van der Waals surface area contributed by atoms with E-state index in [9.17, 15) is 9.90 Å². The normalized spacial score (nSPS) is 16.0. The highest BCUT2D eigenvalue weighted by Gasteiger charge is 2.17. The lowest BCUT2D eigenvalue weighted by Crippen LogP contribution is -2.24. The standard InChI is InChI=1S/C14H19NO2/c16-13-7-3-6-12(8-13)10-15-14(17)9-11-4-1-2-5-11/h3,6-8,11,16H,1-2,4-5,9-10H2,(H,15,17). The third-order valence-corrected chi connectivity index (χ3v) is 3.35. The molecule has 0 radical (unpaired) electrons. The molecule has 1 aromatic rings. The number of phenolic OH excluding ortho intramolecular Hbond substituents is 1. The first kappa shape index (κ1) is 12.0. The molecule has 0 heterocycles. The molecule has 1 fully saturated rings. The molecule has 0 aliphatic heterocycles. The lowest BCUT2D eigenvalue weighted by Gasteiger charge is -2.09. The van der Waals surface area contributed by atoms with Crippen molar-refractivity contribution in [2.24, 2.45) is 5.92 Å². The van der Waals surface area contributed by atoms with Gasteiger partial charge in [0.15, 0.2) is 0 Å². The van der Waals surface area contributed by atoms with E-state index in [0.717, 1.165) is 5.56 Å². The highest BCUT2D eigenvalue weighted by molar-refractivity contribution is 5.76. The molecule has 1 amide bonds. The largest absolute Gasteiger partial charge is 0.508 e. The van der Waals surface area contributed by atoms with Crippen LogP contribution in [0.1, 0.15) is 37.7 Å². The van der Waals surface area contributed by atoms with E-state index in [-0.39, 0.29) is 11.7 Å². The number of carbonyl (C=O) groups excluding carboxylic acids is 1. The van der Waals surface area contributed by atoms with Crippen LogP contribution in [0.15, 0.2) is 24.3 Å². The fourth-order valence-corrected chi connectivity index (χ4v) is 2.42. The van der Waals surface area contributed by atoms with Crippen molar-refractivity contribution >= 4 is 5.91 Å². The van der Waals surface area contributed by atoms with Crippen LogP contribution in [0.5, 0.6) is 5.75 Å². The molecule has 92 valence electrons. The molecular weight excluding hydrogens is 214 g/mol. The zero-order valence-corrected chi connectivity index (χ0v) is 9.98. The van der Waals surface area contributed by atoms with Gasteiger partial charge in [0, 0.05) is 13.0 Å². The summed E-state index contributed by atoms with van der Waals surface area (Å²) in [6.45, 7) is 0.500. The molecule has 0 saturated heterocycles. The number of amides is 1. The highest BCUT2D eigenvalue weighted by Crippen LogP contribution is 2.27. The van der Waals surface area contributed by atoms with Crippen molar-refractivity contribution in [2.45, 2.75) is 38.6 Å². The molecule has 2 rings (SSSR count). The molecule has 0 aromatic heterocycles. The lowest BCUT2D eigenvalue weighted by molar-refractivity contribution is -0.122. The van der Waals surface area contributed by atoms with Gasteiger partial charge in [-0.25, -0.2) is 0 Å². The number of carbonyl (C=O) groups is 1. The topological polar surface area (TPSA) is 49.3 Å². The molecule has 3 heteroatoms. The molecule has 2 N–H and O–H groups in total. The summed E-state index contributed by atoms with van der Waals surface area (Å²) in [5.74, 6) is 0.951. The minimum absolute atomic E-state index is 0.125. The number of hydrogen-bond acceptors (Lipinski definition) is 2. The van der Waals surface area contributed by atoms with Crippen LogP contribution < -0.4 is 5.32 Å². The van der Waals surface area contributed by atoms with Gasteiger partial charge < -0.3 is 10.4 Å². The Bertz CT molecular complexity index is 384. The number of hydrogen-bond donors (Lipinski definition) is 2. The van der Waals surface area contributed by atoms with Gasteiger partial charge in [0.25, 0.3) is 0 Å². The predicted molar refractivity (Wildman–Crippen MR) is 66.5 cm³/mol. The summed E-state index contributed by atoms with van der Waals surface area (Å²) in [5, 5.41) is 12.2. The van der Waals surface area contributed by atoms with Gasteiger partial charge in [-0.3, -0.25) is 4.79 Å². The zero-order chi connectivity index (χ0) is 12.1. The molecule has 1 saturated carbocycles. The van der Waals surface area contributed by atoms with Crippen LogP contribution in [0.4, 0.5) is 0 Å². The van der Waals surface area contributed by atoms with Gasteiger partial charge in [0.05, 0.1) is 0 Å². The Kier molecular flexibility index (Phi) is 4.02. The Hall–Kier alpha value is -1.51. The second kappa shape index (κ2) is 5.71. The van der Waals surface area contributed by atoms with Crippen LogP contribution in [-0.2, 0) is 11.3 Å². The van der Waals surface area contributed by atoms with Crippen molar-refractivity contribution in [1.29, 1.82) is 0 Å². The van der Waals surface area contributed by atoms with Gasteiger partial charge in [-0.05, 0) is 36.5 Å². The fourth-order valence-electron chi connectivity index (χ4n) is 2.42. The van der Waals surface area contributed by atoms with Gasteiger partial charge >= 0.3 is 0 Å². The summed E-state index contributed by atoms with van der Waals surface area (Å²) in [6.07, 6.45) is 5.58. The van der Waals surface area contributed by atoms with E-state index >= 15 is 0 Å². The van der Waals surface area contributed by atoms with E-state index in [4.69, 9.17) is 0 Å². The Morgan fingerprint density at radius 2 is 2.12 bits per heavy atom. The maximum Gasteiger partial charge on any atom is 0.220 e. The predicted octanol–water partition coefficient (Wildman–Crippen LogP) is 2.59. The van der Waals surface area contributed by atoms with Gasteiger partial charge in [-0.2, -0.15) is 0 Å². The Balaban J connectivity index is 1.75. The van der Waals surface area contributed by atoms with E-state index in [1.165, 1.54) is 25.7 Å². The van der Waals surface area contributed by atoms with E-state index < -0.39 is 0 Å². The first-order valence-corrected chi connectivity index (χ1v) is 6.28. The molecule has 0 atom stereocenters. The monoisotopic (exact) mass is 233 g/mol. The summed E-state index contributed by atoms with van der Waals surface area (Å²) < 4.78 is 0. The van der Waals surface area contributed by atoms with Crippen LogP contribution in [0, 0.1) is 5.92 Å². The van der Waals surface area contributed by atoms with Crippen molar-refractivity contribution < 1.29 is 9.90 Å². The van der Waals surface area contributed by atoms with Gasteiger partial charge in [0.2, 0.25) is 5.91 Å². The lowest BCUT2D eigenvalue weighted by atomic mass is 10.0. The smallest absolute Gasteiger partial charge is 0.220 e. The van der Waals surface area contributed by atoms with Crippen LogP contribution in [-0.4, -0.2) is 11.0 Å². The summed E-state index contributed by atoms with van der Waals surface area (Å²) in [4.78, 5) is 11.7. The Morgan fingerprint density at radius 1 is 1.35 bits per heavy atom. The molecule has 1 aromatic carbocycles. The third-order valence-electron chi connectivity index (χ3n) is 3.35. The summed E-state index contributed by atoms with van der Waals surface area (Å²) in [5.41, 5.74) is 0.935. The van der Waals surface area contributed by atoms with Crippen molar-refractivity contribution in [3.63, 3.8) is 0 Å². The van der Waals surface area contributed by atoms with Gasteiger partial charge in [0.1, 0.15) is 5.75 Å². The van der Waals surface area contributed by atoms with Gasteiger partial charge in [-0.15, -0.1) is 0 Å². The molecule has 3 nitrogen and oxygen atoms in total. The SMILES string of the molecule is O=C(CC1CCCC1)NCc1cccc(O)c1. The quantitative estimate of drug-likeness (QED) is 0.839. The Morgan fingerprint density at radius 3 is 2.82 bits per heavy atom. The number of aromatic hydroxyl groups is 1. The van der Waals surface area contributed by atoms with Crippen LogP contribution in [0.2, 0.25) is 0 Å². The highest BCUT2D eigenvalue weighted by atomic mass is 16.3. The first-order valence-electron chi connectivity index (χ1n) is 6.28. The van der Waals surface area contributed by atoms with E-state index in [0.29, 0.717) is 18.9 Å². The van der Waals surface area contributed by atoms with Crippen LogP contribution in [0.3, 0.4) is 0 Å². The second-order valence-corrected chi connectivity index (χ2v) is 4.80. The summed E-state index contributed by atoms with van der Waals surface area (Å²) in [7, 11) is 0.